The van der Waals surface area contributed by atoms with Crippen molar-refractivity contribution in [2.75, 3.05) is 0 Å². The number of nitrogens with two attached hydrogens (primary N) is 1. The third-order valence-electron chi connectivity index (χ3n) is 13.0. The van der Waals surface area contributed by atoms with Crippen molar-refractivity contribution in [2.45, 2.75) is 37.4 Å². The number of aromatic amines is 1. The van der Waals surface area contributed by atoms with Gasteiger partial charge in [0, 0.05) is 16.7 Å². The second-order valence-electron chi connectivity index (χ2n) is 16.9. The van der Waals surface area contributed by atoms with Crippen molar-refractivity contribution in [3.05, 3.63) is 211 Å². The van der Waals surface area contributed by atoms with E-state index in [9.17, 15) is 0 Å². The van der Waals surface area contributed by atoms with Gasteiger partial charge >= 0.3 is 0 Å². The van der Waals surface area contributed by atoms with Crippen LogP contribution in [0.2, 0.25) is 0 Å². The van der Waals surface area contributed by atoms with Crippen LogP contribution >= 0.6 is 0 Å². The Kier molecular flexibility index (Phi) is 8.96. The first-order chi connectivity index (χ1) is 31.1. The van der Waals surface area contributed by atoms with Crippen LogP contribution in [0.5, 0.6) is 0 Å². The first kappa shape index (κ1) is 37.0. The fourth-order valence-corrected chi connectivity index (χ4v) is 9.99. The quantitative estimate of drug-likeness (QED) is 0.0955. The van der Waals surface area contributed by atoms with Crippen LogP contribution in [0.3, 0.4) is 0 Å². The summed E-state index contributed by atoms with van der Waals surface area (Å²) in [6.45, 7) is 0. The molecule has 302 valence electrons. The van der Waals surface area contributed by atoms with E-state index in [0.29, 0.717) is 5.84 Å². The van der Waals surface area contributed by atoms with E-state index in [0.717, 1.165) is 103 Å². The van der Waals surface area contributed by atoms with Gasteiger partial charge < -0.3 is 15.6 Å². The Labute approximate surface area is 366 Å². The molecule has 3 aliphatic carbocycles. The minimum atomic E-state index is 0.0888. The number of H-pyrrole nitrogens is 1. The number of nitrogens with one attached hydrogen (secondary N) is 1. The van der Waals surface area contributed by atoms with Crippen molar-refractivity contribution in [2.24, 2.45) is 15.7 Å². The van der Waals surface area contributed by atoms with Crippen LogP contribution in [0, 0.1) is 0 Å². The largest absolute Gasteiger partial charge is 0.383 e. The number of aromatic nitrogens is 2. The number of benzene rings is 7. The van der Waals surface area contributed by atoms with Gasteiger partial charge in [0.25, 0.3) is 0 Å². The van der Waals surface area contributed by atoms with Gasteiger partial charge in [0.2, 0.25) is 0 Å². The molecule has 7 aromatic carbocycles. The number of allylic oxidation sites excluding steroid dienone is 5. The first-order valence-electron chi connectivity index (χ1n) is 22.0. The highest BCUT2D eigenvalue weighted by molar-refractivity contribution is 6.23. The van der Waals surface area contributed by atoms with E-state index in [-0.39, 0.29) is 18.1 Å². The number of imidazole rings is 1. The van der Waals surface area contributed by atoms with Crippen molar-refractivity contribution in [1.82, 2.24) is 14.9 Å². The standard InChI is InChI=1S/C57H44N6/c58-55(59-43-15-3-1-4-16-43)41-29-31-46-47(34-41)53(37-24-26-38(27-25-37)57-62-51-21-11-12-22-52(51)63(57)44-17-5-2-6-18-44)45-32-30-42(56-60-49-19-9-10-20-50(49)61-56)35-48(45)54(46)40-28-23-36-13-7-8-14-39(36)33-40/h1-9,11-17,19,21-35,44,51-52H,10,18,20H2,(H2,58,59)(H,60,61). The molecular formula is C57H44N6. The molecule has 0 saturated heterocycles. The van der Waals surface area contributed by atoms with E-state index in [2.05, 4.69) is 174 Å². The lowest BCUT2D eigenvalue weighted by Gasteiger charge is -2.35. The molecule has 3 atom stereocenters. The van der Waals surface area contributed by atoms with Gasteiger partial charge in [0.1, 0.15) is 17.5 Å². The number of nitrogens with zero attached hydrogens (tertiary/aromatic N) is 4. The Morgan fingerprint density at radius 1 is 0.635 bits per heavy atom. The minimum absolute atomic E-state index is 0.0888. The van der Waals surface area contributed by atoms with Gasteiger partial charge in [-0.15, -0.1) is 0 Å². The molecule has 2 heterocycles. The number of para-hydroxylation sites is 1. The van der Waals surface area contributed by atoms with Gasteiger partial charge in [0.05, 0.1) is 35.2 Å². The molecule has 4 aliphatic rings. The monoisotopic (exact) mass is 812 g/mol. The first-order valence-corrected chi connectivity index (χ1v) is 22.0. The fourth-order valence-electron chi connectivity index (χ4n) is 9.99. The molecule has 0 fully saturated rings. The topological polar surface area (TPSA) is 82.7 Å². The van der Waals surface area contributed by atoms with Crippen LogP contribution < -0.4 is 5.73 Å². The molecule has 63 heavy (non-hydrogen) atoms. The Morgan fingerprint density at radius 3 is 2.21 bits per heavy atom. The molecule has 0 radical (unpaired) electrons. The molecule has 3 unspecified atom stereocenters. The Bertz CT molecular complexity index is 3340. The molecule has 0 bridgehead atoms. The number of rotatable bonds is 7. The number of hydrogen-bond donors (Lipinski definition) is 2. The van der Waals surface area contributed by atoms with Crippen LogP contribution in [-0.2, 0) is 6.42 Å². The summed E-state index contributed by atoms with van der Waals surface area (Å²) >= 11 is 0. The molecule has 8 aromatic rings. The maximum absolute atomic E-state index is 6.87. The van der Waals surface area contributed by atoms with Crippen molar-refractivity contribution in [3.63, 3.8) is 0 Å². The minimum Gasteiger partial charge on any atom is -0.383 e. The lowest BCUT2D eigenvalue weighted by molar-refractivity contribution is 0.318. The molecule has 1 aliphatic heterocycles. The van der Waals surface area contributed by atoms with Crippen molar-refractivity contribution >= 4 is 55.8 Å². The average molecular weight is 813 g/mol. The van der Waals surface area contributed by atoms with Gasteiger partial charge in [-0.25, -0.2) is 9.98 Å². The van der Waals surface area contributed by atoms with Gasteiger partial charge in [-0.1, -0.05) is 158 Å². The van der Waals surface area contributed by atoms with E-state index in [1.54, 1.807) is 0 Å². The van der Waals surface area contributed by atoms with Crippen LogP contribution in [0.4, 0.5) is 5.69 Å². The summed E-state index contributed by atoms with van der Waals surface area (Å²) in [5.74, 6) is 2.39. The molecule has 1 aromatic heterocycles. The summed E-state index contributed by atoms with van der Waals surface area (Å²) in [4.78, 5) is 21.5. The van der Waals surface area contributed by atoms with Gasteiger partial charge in [-0.05, 0) is 110 Å². The highest BCUT2D eigenvalue weighted by Crippen LogP contribution is 2.46. The second kappa shape index (κ2) is 15.3. The number of amidine groups is 2. The normalized spacial score (nSPS) is 19.0. The van der Waals surface area contributed by atoms with Crippen LogP contribution in [0.1, 0.15) is 35.4 Å². The Balaban J connectivity index is 1.08. The molecule has 0 amide bonds. The van der Waals surface area contributed by atoms with Crippen molar-refractivity contribution < 1.29 is 0 Å². The maximum Gasteiger partial charge on any atom is 0.138 e. The second-order valence-corrected chi connectivity index (χ2v) is 16.9. The predicted octanol–water partition coefficient (Wildman–Crippen LogP) is 12.7. The molecule has 0 saturated carbocycles. The van der Waals surface area contributed by atoms with Crippen LogP contribution in [0.15, 0.2) is 198 Å². The summed E-state index contributed by atoms with van der Waals surface area (Å²) in [7, 11) is 0. The van der Waals surface area contributed by atoms with Gasteiger partial charge in [0.15, 0.2) is 0 Å². The molecule has 6 heteroatoms. The maximum atomic E-state index is 6.87. The zero-order valence-corrected chi connectivity index (χ0v) is 34.7. The smallest absolute Gasteiger partial charge is 0.138 e. The molecule has 6 nitrogen and oxygen atoms in total. The summed E-state index contributed by atoms with van der Waals surface area (Å²) in [5, 5.41) is 6.95. The third kappa shape index (κ3) is 6.54. The van der Waals surface area contributed by atoms with E-state index >= 15 is 0 Å². The third-order valence-corrected chi connectivity index (χ3v) is 13.0. The Morgan fingerprint density at radius 2 is 1.37 bits per heavy atom. The lowest BCUT2D eigenvalue weighted by Crippen LogP contribution is -2.45. The van der Waals surface area contributed by atoms with Gasteiger partial charge in [-0.3, -0.25) is 4.99 Å². The summed E-state index contributed by atoms with van der Waals surface area (Å²) < 4.78 is 0. The molecule has 3 N–H and O–H groups in total. The predicted molar refractivity (Wildman–Crippen MR) is 263 cm³/mol. The lowest BCUT2D eigenvalue weighted by atomic mass is 9.84. The van der Waals surface area contributed by atoms with E-state index < -0.39 is 0 Å². The number of aryl methyl sites for hydroxylation is 1. The SMILES string of the molecule is N/C(=N\c1ccccc1)c1ccc2c(-c3ccc4ccccc4c3)c3cc(-c4nc5c([nH]4)C=CCC5)ccc3c(-c3ccc(C4=NC5C=CC=CC5N4C4C=CC=CC4)cc3)c2c1. The number of aliphatic imine (C=N–C) groups is 2. The molecule has 12 rings (SSSR count). The zero-order valence-electron chi connectivity index (χ0n) is 34.7. The Hall–Kier alpha value is -7.83. The van der Waals surface area contributed by atoms with Gasteiger partial charge in [-0.2, -0.15) is 0 Å². The van der Waals surface area contributed by atoms with Crippen LogP contribution in [-0.4, -0.2) is 44.7 Å². The fraction of sp³-hybridized carbons (Fsp3) is 0.105. The number of fused-ring (bicyclic) bond motifs is 5. The summed E-state index contributed by atoms with van der Waals surface area (Å²) in [6.07, 6.45) is 25.0. The number of hydrogen-bond acceptors (Lipinski definition) is 4. The molecular weight excluding hydrogens is 769 g/mol. The van der Waals surface area contributed by atoms with Crippen molar-refractivity contribution in [3.8, 4) is 33.6 Å². The van der Waals surface area contributed by atoms with E-state index in [1.165, 1.54) is 16.3 Å². The van der Waals surface area contributed by atoms with E-state index in [4.69, 9.17) is 20.7 Å². The average Bonchev–Trinajstić information content (AvgIpc) is 3.96. The van der Waals surface area contributed by atoms with Crippen molar-refractivity contribution in [1.29, 1.82) is 0 Å². The summed E-state index contributed by atoms with van der Waals surface area (Å²) in [5.41, 5.74) is 17.5. The van der Waals surface area contributed by atoms with Crippen LogP contribution in [0.25, 0.3) is 72.0 Å². The zero-order chi connectivity index (χ0) is 41.9. The highest BCUT2D eigenvalue weighted by atomic mass is 15.3. The summed E-state index contributed by atoms with van der Waals surface area (Å²) in [6, 6.07) is 48.4. The highest BCUT2D eigenvalue weighted by Gasteiger charge is 2.38. The molecule has 0 spiro atoms. The van der Waals surface area contributed by atoms with E-state index in [1.807, 2.05) is 30.3 Å².